The van der Waals surface area contributed by atoms with E-state index in [4.69, 9.17) is 9.47 Å². The molecule has 0 amide bonds. The van der Waals surface area contributed by atoms with Crippen LogP contribution in [-0.2, 0) is 19.1 Å². The van der Waals surface area contributed by atoms with Crippen LogP contribution in [0.15, 0.2) is 0 Å². The first-order valence-corrected chi connectivity index (χ1v) is 7.38. The van der Waals surface area contributed by atoms with E-state index >= 15 is 0 Å². The molecule has 110 valence electrons. The van der Waals surface area contributed by atoms with Gasteiger partial charge in [0, 0.05) is 13.3 Å². The first kappa shape index (κ1) is 16.2. The molecule has 0 N–H and O–H groups in total. The zero-order valence-corrected chi connectivity index (χ0v) is 12.2. The summed E-state index contributed by atoms with van der Waals surface area (Å²) >= 11 is 0. The number of hydrogen-bond acceptors (Lipinski definition) is 4. The third kappa shape index (κ3) is 7.31. The second-order valence-corrected chi connectivity index (χ2v) is 5.40. The fraction of sp³-hybridized carbons (Fsp3) is 0.867. The molecule has 0 radical (unpaired) electrons. The molecule has 1 saturated carbocycles. The van der Waals surface area contributed by atoms with Crippen LogP contribution in [0.4, 0.5) is 0 Å². The quantitative estimate of drug-likeness (QED) is 0.636. The normalized spacial score (nSPS) is 23.1. The Balaban J connectivity index is 2.09. The Morgan fingerprint density at radius 3 is 2.42 bits per heavy atom. The van der Waals surface area contributed by atoms with Crippen LogP contribution in [0.1, 0.15) is 58.8 Å². The number of esters is 1. The number of carbonyl (C=O) groups excluding carboxylic acids is 2. The molecule has 4 nitrogen and oxygen atoms in total. The number of carbonyl (C=O) groups is 2. The minimum absolute atomic E-state index is 0.208. The predicted molar refractivity (Wildman–Crippen MR) is 72.9 cm³/mol. The monoisotopic (exact) mass is 270 g/mol. The molecule has 0 aliphatic heterocycles. The minimum atomic E-state index is -0.208. The highest BCUT2D eigenvalue weighted by atomic mass is 16.5. The summed E-state index contributed by atoms with van der Waals surface area (Å²) in [6.45, 7) is 4.31. The second-order valence-electron chi connectivity index (χ2n) is 5.40. The van der Waals surface area contributed by atoms with Crippen LogP contribution in [0.25, 0.3) is 0 Å². The van der Waals surface area contributed by atoms with Crippen LogP contribution in [0.5, 0.6) is 0 Å². The van der Waals surface area contributed by atoms with Gasteiger partial charge in [0.25, 0.3) is 0 Å². The summed E-state index contributed by atoms with van der Waals surface area (Å²) in [4.78, 5) is 22.2. The molecule has 0 unspecified atom stereocenters. The van der Waals surface area contributed by atoms with E-state index in [0.29, 0.717) is 18.9 Å². The lowest BCUT2D eigenvalue weighted by Gasteiger charge is -2.27. The van der Waals surface area contributed by atoms with Crippen LogP contribution in [-0.4, -0.2) is 31.1 Å². The Hall–Kier alpha value is -0.900. The van der Waals surface area contributed by atoms with Crippen LogP contribution in [0, 0.1) is 5.92 Å². The summed E-state index contributed by atoms with van der Waals surface area (Å²) in [6, 6.07) is 0. The minimum Gasteiger partial charge on any atom is -0.466 e. The molecule has 0 aromatic heterocycles. The van der Waals surface area contributed by atoms with Gasteiger partial charge in [0.05, 0.1) is 12.7 Å². The maximum Gasteiger partial charge on any atom is 0.302 e. The summed E-state index contributed by atoms with van der Waals surface area (Å²) in [5.74, 6) is 0.461. The third-order valence-corrected chi connectivity index (χ3v) is 3.61. The van der Waals surface area contributed by atoms with Crippen molar-refractivity contribution in [3.05, 3.63) is 0 Å². The molecule has 0 aromatic carbocycles. The second kappa shape index (κ2) is 9.08. The lowest BCUT2D eigenvalue weighted by Crippen LogP contribution is -2.26. The number of ketones is 1. The Labute approximate surface area is 115 Å². The zero-order chi connectivity index (χ0) is 14.1. The SMILES string of the molecule is CCCCC(=O)COC1CCC(COC(C)=O)CC1. The number of ether oxygens (including phenoxy) is 2. The van der Waals surface area contributed by atoms with Crippen LogP contribution in [0.3, 0.4) is 0 Å². The Kier molecular flexibility index (Phi) is 7.72. The van der Waals surface area contributed by atoms with Crippen molar-refractivity contribution in [2.24, 2.45) is 5.92 Å². The Morgan fingerprint density at radius 1 is 1.16 bits per heavy atom. The van der Waals surface area contributed by atoms with Crippen LogP contribution >= 0.6 is 0 Å². The smallest absolute Gasteiger partial charge is 0.302 e. The highest BCUT2D eigenvalue weighted by Crippen LogP contribution is 2.26. The molecule has 1 rings (SSSR count). The van der Waals surface area contributed by atoms with E-state index in [0.717, 1.165) is 38.5 Å². The van der Waals surface area contributed by atoms with Crippen LogP contribution in [0.2, 0.25) is 0 Å². The maximum atomic E-state index is 11.5. The molecule has 1 aliphatic rings. The molecular weight excluding hydrogens is 244 g/mol. The lowest BCUT2D eigenvalue weighted by molar-refractivity contribution is -0.143. The van der Waals surface area contributed by atoms with Gasteiger partial charge >= 0.3 is 5.97 Å². The van der Waals surface area contributed by atoms with Crippen molar-refractivity contribution in [3.63, 3.8) is 0 Å². The number of unbranched alkanes of at least 4 members (excludes halogenated alkanes) is 1. The standard InChI is InChI=1S/C15H26O4/c1-3-4-5-14(17)11-19-15-8-6-13(7-9-15)10-18-12(2)16/h13,15H,3-11H2,1-2H3. The van der Waals surface area contributed by atoms with Crippen molar-refractivity contribution in [3.8, 4) is 0 Å². The van der Waals surface area contributed by atoms with E-state index in [1.54, 1.807) is 0 Å². The molecule has 0 saturated heterocycles. The summed E-state index contributed by atoms with van der Waals surface area (Å²) in [5.41, 5.74) is 0. The largest absolute Gasteiger partial charge is 0.466 e. The van der Waals surface area contributed by atoms with Crippen molar-refractivity contribution < 1.29 is 19.1 Å². The number of Topliss-reactive ketones (excluding diaryl/α,β-unsaturated/α-hetero) is 1. The molecule has 1 aliphatic carbocycles. The predicted octanol–water partition coefficient (Wildman–Crippen LogP) is 2.88. The molecule has 1 fully saturated rings. The molecule has 0 atom stereocenters. The molecule has 0 bridgehead atoms. The summed E-state index contributed by atoms with van der Waals surface area (Å²) < 4.78 is 10.7. The number of rotatable bonds is 8. The van der Waals surface area contributed by atoms with E-state index < -0.39 is 0 Å². The molecule has 0 heterocycles. The Bertz CT molecular complexity index is 280. The molecule has 19 heavy (non-hydrogen) atoms. The van der Waals surface area contributed by atoms with Crippen molar-refractivity contribution in [1.82, 2.24) is 0 Å². The van der Waals surface area contributed by atoms with E-state index in [1.165, 1.54) is 6.92 Å². The topological polar surface area (TPSA) is 52.6 Å². The average molecular weight is 270 g/mol. The Morgan fingerprint density at radius 2 is 1.84 bits per heavy atom. The van der Waals surface area contributed by atoms with E-state index in [1.807, 2.05) is 0 Å². The van der Waals surface area contributed by atoms with Crippen molar-refractivity contribution in [2.75, 3.05) is 13.2 Å². The van der Waals surface area contributed by atoms with Gasteiger partial charge in [0.1, 0.15) is 6.61 Å². The first-order chi connectivity index (χ1) is 9.11. The first-order valence-electron chi connectivity index (χ1n) is 7.38. The maximum absolute atomic E-state index is 11.5. The summed E-state index contributed by atoms with van der Waals surface area (Å²) in [5, 5.41) is 0. The van der Waals surface area contributed by atoms with Gasteiger partial charge < -0.3 is 9.47 Å². The van der Waals surface area contributed by atoms with Crippen LogP contribution < -0.4 is 0 Å². The van der Waals surface area contributed by atoms with E-state index in [2.05, 4.69) is 6.92 Å². The highest BCUT2D eigenvalue weighted by molar-refractivity contribution is 5.79. The van der Waals surface area contributed by atoms with Crippen molar-refractivity contribution in [1.29, 1.82) is 0 Å². The average Bonchev–Trinajstić information content (AvgIpc) is 2.41. The lowest BCUT2D eigenvalue weighted by atomic mass is 9.88. The molecule has 0 spiro atoms. The van der Waals surface area contributed by atoms with Gasteiger partial charge in [-0.15, -0.1) is 0 Å². The van der Waals surface area contributed by atoms with E-state index in [9.17, 15) is 9.59 Å². The molecular formula is C15H26O4. The van der Waals surface area contributed by atoms with Gasteiger partial charge in [-0.05, 0) is 38.0 Å². The summed E-state index contributed by atoms with van der Waals surface area (Å²) in [7, 11) is 0. The molecule has 0 aromatic rings. The van der Waals surface area contributed by atoms with Gasteiger partial charge in [-0.25, -0.2) is 0 Å². The van der Waals surface area contributed by atoms with Gasteiger partial charge in [0.15, 0.2) is 5.78 Å². The fourth-order valence-corrected chi connectivity index (χ4v) is 2.36. The van der Waals surface area contributed by atoms with Gasteiger partial charge in [-0.1, -0.05) is 13.3 Å². The van der Waals surface area contributed by atoms with Gasteiger partial charge in [-0.3, -0.25) is 9.59 Å². The van der Waals surface area contributed by atoms with Gasteiger partial charge in [0.2, 0.25) is 0 Å². The fourth-order valence-electron chi connectivity index (χ4n) is 2.36. The van der Waals surface area contributed by atoms with Crippen molar-refractivity contribution >= 4 is 11.8 Å². The van der Waals surface area contributed by atoms with Gasteiger partial charge in [-0.2, -0.15) is 0 Å². The summed E-state index contributed by atoms with van der Waals surface area (Å²) in [6.07, 6.45) is 6.81. The zero-order valence-electron chi connectivity index (χ0n) is 12.2. The van der Waals surface area contributed by atoms with E-state index in [-0.39, 0.29) is 24.5 Å². The molecule has 4 heteroatoms. The third-order valence-electron chi connectivity index (χ3n) is 3.61. The number of hydrogen-bond donors (Lipinski definition) is 0. The van der Waals surface area contributed by atoms with Crippen molar-refractivity contribution in [2.45, 2.75) is 64.9 Å². The highest BCUT2D eigenvalue weighted by Gasteiger charge is 2.22.